The molecule has 2 aromatic heterocycles. The van der Waals surface area contributed by atoms with Crippen molar-refractivity contribution in [1.29, 1.82) is 0 Å². The van der Waals surface area contributed by atoms with Crippen molar-refractivity contribution >= 4 is 16.9 Å². The monoisotopic (exact) mass is 255 g/mol. The normalized spacial score (nSPS) is 19.4. The zero-order valence-electron chi connectivity index (χ0n) is 10.8. The molecule has 4 nitrogen and oxygen atoms in total. The van der Waals surface area contributed by atoms with Gasteiger partial charge in [0.15, 0.2) is 5.65 Å². The van der Waals surface area contributed by atoms with E-state index >= 15 is 0 Å². The predicted molar refractivity (Wildman–Crippen MR) is 73.6 cm³/mol. The highest BCUT2D eigenvalue weighted by molar-refractivity contribution is 5.79. The van der Waals surface area contributed by atoms with Gasteiger partial charge in [0.05, 0.1) is 0 Å². The van der Waals surface area contributed by atoms with Crippen LogP contribution in [0.5, 0.6) is 0 Å². The van der Waals surface area contributed by atoms with E-state index in [1.54, 1.807) is 6.20 Å². The Balaban J connectivity index is 1.69. The van der Waals surface area contributed by atoms with Crippen LogP contribution in [-0.4, -0.2) is 22.4 Å². The fourth-order valence-corrected chi connectivity index (χ4v) is 2.56. The number of hydrogen-bond donors (Lipinski definition) is 1. The van der Waals surface area contributed by atoms with Crippen LogP contribution >= 0.6 is 0 Å². The molecular formula is C15H17N3O. The van der Waals surface area contributed by atoms with Crippen molar-refractivity contribution in [3.8, 4) is 0 Å². The second-order valence-corrected chi connectivity index (χ2v) is 5.02. The van der Waals surface area contributed by atoms with Crippen LogP contribution < -0.4 is 5.32 Å². The van der Waals surface area contributed by atoms with Gasteiger partial charge in [-0.2, -0.15) is 0 Å². The van der Waals surface area contributed by atoms with E-state index in [0.29, 0.717) is 0 Å². The van der Waals surface area contributed by atoms with Gasteiger partial charge >= 0.3 is 0 Å². The molecule has 1 fully saturated rings. The van der Waals surface area contributed by atoms with Crippen LogP contribution in [0.3, 0.4) is 0 Å². The Morgan fingerprint density at radius 1 is 1.32 bits per heavy atom. The van der Waals surface area contributed by atoms with Crippen LogP contribution in [0.4, 0.5) is 0 Å². The van der Waals surface area contributed by atoms with Gasteiger partial charge in [0, 0.05) is 29.7 Å². The first-order valence-corrected chi connectivity index (χ1v) is 6.81. The Kier molecular flexibility index (Phi) is 3.40. The summed E-state index contributed by atoms with van der Waals surface area (Å²) in [5, 5.41) is 3.98. The van der Waals surface area contributed by atoms with Crippen molar-refractivity contribution in [2.45, 2.75) is 25.7 Å². The molecule has 2 aromatic rings. The molecule has 1 atom stereocenters. The fourth-order valence-electron chi connectivity index (χ4n) is 2.56. The summed E-state index contributed by atoms with van der Waals surface area (Å²) in [5.41, 5.74) is 1.80. The first-order valence-electron chi connectivity index (χ1n) is 6.81. The molecule has 0 aromatic carbocycles. The van der Waals surface area contributed by atoms with E-state index < -0.39 is 0 Å². The van der Waals surface area contributed by atoms with Crippen LogP contribution in [-0.2, 0) is 11.2 Å². The molecule has 98 valence electrons. The molecular weight excluding hydrogens is 238 g/mol. The van der Waals surface area contributed by atoms with Crippen molar-refractivity contribution in [2.75, 3.05) is 6.54 Å². The topological polar surface area (TPSA) is 54.9 Å². The Hall–Kier alpha value is -1.97. The molecule has 3 rings (SSSR count). The summed E-state index contributed by atoms with van der Waals surface area (Å²) >= 11 is 0. The third-order valence-corrected chi connectivity index (χ3v) is 3.67. The van der Waals surface area contributed by atoms with E-state index in [-0.39, 0.29) is 11.8 Å². The second-order valence-electron chi connectivity index (χ2n) is 5.02. The molecule has 3 heterocycles. The summed E-state index contributed by atoms with van der Waals surface area (Å²) in [6.07, 6.45) is 5.55. The number of fused-ring (bicyclic) bond motifs is 1. The van der Waals surface area contributed by atoms with E-state index in [1.807, 2.05) is 24.3 Å². The van der Waals surface area contributed by atoms with Crippen molar-refractivity contribution in [3.63, 3.8) is 0 Å². The van der Waals surface area contributed by atoms with E-state index in [4.69, 9.17) is 0 Å². The summed E-state index contributed by atoms with van der Waals surface area (Å²) in [6, 6.07) is 8.00. The average Bonchev–Trinajstić information content (AvgIpc) is 2.46. The highest BCUT2D eigenvalue weighted by atomic mass is 16.1. The molecule has 4 heteroatoms. The quantitative estimate of drug-likeness (QED) is 0.913. The minimum atomic E-state index is 0.148. The van der Waals surface area contributed by atoms with Crippen molar-refractivity contribution in [2.24, 2.45) is 5.92 Å². The van der Waals surface area contributed by atoms with Gasteiger partial charge in [0.25, 0.3) is 0 Å². The molecule has 1 aliphatic rings. The molecule has 1 N–H and O–H groups in total. The highest BCUT2D eigenvalue weighted by Crippen LogP contribution is 2.18. The third-order valence-electron chi connectivity index (χ3n) is 3.67. The number of nitrogens with zero attached hydrogens (tertiary/aromatic N) is 2. The van der Waals surface area contributed by atoms with Crippen LogP contribution in [0.2, 0.25) is 0 Å². The van der Waals surface area contributed by atoms with Gasteiger partial charge in [-0.25, -0.2) is 9.97 Å². The number of carbonyl (C=O) groups is 1. The van der Waals surface area contributed by atoms with Gasteiger partial charge in [0.1, 0.15) is 0 Å². The van der Waals surface area contributed by atoms with Gasteiger partial charge in [0.2, 0.25) is 5.91 Å². The lowest BCUT2D eigenvalue weighted by Gasteiger charge is -2.21. The van der Waals surface area contributed by atoms with E-state index in [0.717, 1.165) is 49.0 Å². The number of hydrogen-bond acceptors (Lipinski definition) is 3. The Morgan fingerprint density at radius 3 is 3.16 bits per heavy atom. The number of amides is 1. The Labute approximate surface area is 112 Å². The van der Waals surface area contributed by atoms with Crippen molar-refractivity contribution in [3.05, 3.63) is 36.2 Å². The summed E-state index contributed by atoms with van der Waals surface area (Å²) in [4.78, 5) is 20.5. The molecule has 0 aliphatic carbocycles. The zero-order chi connectivity index (χ0) is 13.1. The van der Waals surface area contributed by atoms with Gasteiger partial charge in [-0.1, -0.05) is 0 Å². The van der Waals surface area contributed by atoms with Gasteiger partial charge in [-0.15, -0.1) is 0 Å². The van der Waals surface area contributed by atoms with Crippen LogP contribution in [0.1, 0.15) is 25.0 Å². The number of aryl methyl sites for hydroxylation is 1. The maximum atomic E-state index is 11.7. The third kappa shape index (κ3) is 2.72. The maximum absolute atomic E-state index is 11.7. The lowest BCUT2D eigenvalue weighted by Crippen LogP contribution is -2.36. The molecule has 0 spiro atoms. The molecule has 1 saturated heterocycles. The molecule has 0 bridgehead atoms. The van der Waals surface area contributed by atoms with Gasteiger partial charge < -0.3 is 5.32 Å². The lowest BCUT2D eigenvalue weighted by atomic mass is 9.93. The summed E-state index contributed by atoms with van der Waals surface area (Å²) < 4.78 is 0. The molecule has 0 radical (unpaired) electrons. The molecule has 0 saturated carbocycles. The largest absolute Gasteiger partial charge is 0.356 e. The molecule has 1 amide bonds. The minimum Gasteiger partial charge on any atom is -0.356 e. The van der Waals surface area contributed by atoms with Gasteiger partial charge in [-0.05, 0) is 49.9 Å². The molecule has 1 aliphatic heterocycles. The Bertz CT molecular complexity index is 597. The molecule has 0 unspecified atom stereocenters. The molecule has 19 heavy (non-hydrogen) atoms. The van der Waals surface area contributed by atoms with Crippen LogP contribution in [0.15, 0.2) is 30.5 Å². The number of nitrogens with one attached hydrogen (secondary N) is 1. The van der Waals surface area contributed by atoms with E-state index in [1.165, 1.54) is 0 Å². The van der Waals surface area contributed by atoms with E-state index in [9.17, 15) is 4.79 Å². The maximum Gasteiger partial charge on any atom is 0.223 e. The van der Waals surface area contributed by atoms with Gasteiger partial charge in [-0.3, -0.25) is 4.79 Å². The SMILES string of the molecule is O=C1NCCC[C@@H]1CCc1ccc2cccnc2n1. The van der Waals surface area contributed by atoms with Crippen LogP contribution in [0, 0.1) is 5.92 Å². The van der Waals surface area contributed by atoms with E-state index in [2.05, 4.69) is 15.3 Å². The first-order chi connectivity index (χ1) is 9.33. The predicted octanol–water partition coefficient (Wildman–Crippen LogP) is 2.09. The standard InChI is InChI=1S/C15H17N3O/c19-15-12(4-2-10-17-15)6-8-13-7-5-11-3-1-9-16-14(11)18-13/h1,3,5,7,9,12H,2,4,6,8,10H2,(H,17,19)/t12-/m1/s1. The Morgan fingerprint density at radius 2 is 2.26 bits per heavy atom. The smallest absolute Gasteiger partial charge is 0.223 e. The number of pyridine rings is 2. The summed E-state index contributed by atoms with van der Waals surface area (Å²) in [5.74, 6) is 0.347. The lowest BCUT2D eigenvalue weighted by molar-refractivity contribution is -0.126. The highest BCUT2D eigenvalue weighted by Gasteiger charge is 2.21. The summed E-state index contributed by atoms with van der Waals surface area (Å²) in [6.45, 7) is 0.827. The number of piperidine rings is 1. The zero-order valence-corrected chi connectivity index (χ0v) is 10.8. The average molecular weight is 255 g/mol. The van der Waals surface area contributed by atoms with Crippen LogP contribution in [0.25, 0.3) is 11.0 Å². The van der Waals surface area contributed by atoms with Crippen molar-refractivity contribution in [1.82, 2.24) is 15.3 Å². The fraction of sp³-hybridized carbons (Fsp3) is 0.400. The number of aromatic nitrogens is 2. The number of rotatable bonds is 3. The van der Waals surface area contributed by atoms with Crippen molar-refractivity contribution < 1.29 is 4.79 Å². The second kappa shape index (κ2) is 5.34. The number of carbonyl (C=O) groups excluding carboxylic acids is 1. The summed E-state index contributed by atoms with van der Waals surface area (Å²) in [7, 11) is 0. The first kappa shape index (κ1) is 12.1. The minimum absolute atomic E-state index is 0.148.